The summed E-state index contributed by atoms with van der Waals surface area (Å²) in [5.74, 6) is -1.00. The average Bonchev–Trinajstić information content (AvgIpc) is 2.65. The smallest absolute Gasteiger partial charge is 0.255 e. The molecule has 0 atom stereocenters. The van der Waals surface area contributed by atoms with E-state index in [1.165, 1.54) is 24.3 Å². The van der Waals surface area contributed by atoms with E-state index in [0.717, 1.165) is 6.54 Å². The van der Waals surface area contributed by atoms with Crippen molar-refractivity contribution in [1.82, 2.24) is 10.6 Å². The third-order valence-corrected chi connectivity index (χ3v) is 3.56. The maximum atomic E-state index is 12.9. The molecule has 2 amide bonds. The average molecular weight is 396 g/mol. The first kappa shape index (κ1) is 22.6. The van der Waals surface area contributed by atoms with Crippen molar-refractivity contribution in [3.8, 4) is 0 Å². The van der Waals surface area contributed by atoms with E-state index in [-0.39, 0.29) is 24.2 Å². The van der Waals surface area contributed by atoms with Gasteiger partial charge in [-0.25, -0.2) is 4.39 Å². The van der Waals surface area contributed by atoms with E-state index in [2.05, 4.69) is 16.0 Å². The van der Waals surface area contributed by atoms with Gasteiger partial charge in [0.2, 0.25) is 0 Å². The number of hydrogen-bond donors (Lipinski definition) is 3. The molecule has 2 rings (SSSR count). The van der Waals surface area contributed by atoms with Crippen molar-refractivity contribution in [2.45, 2.75) is 0 Å². The van der Waals surface area contributed by atoms with Gasteiger partial charge in [0.15, 0.2) is 0 Å². The van der Waals surface area contributed by atoms with Crippen LogP contribution in [0.3, 0.4) is 0 Å². The molecule has 0 radical (unpaired) electrons. The number of anilines is 1. The first-order valence-corrected chi connectivity index (χ1v) is 8.25. The van der Waals surface area contributed by atoms with Gasteiger partial charge >= 0.3 is 0 Å². The summed E-state index contributed by atoms with van der Waals surface area (Å²) in [6.45, 7) is 2.45. The fraction of sp³-hybridized carbons (Fsp3) is 0.263. The molecule has 0 saturated carbocycles. The van der Waals surface area contributed by atoms with Crippen LogP contribution >= 0.6 is 12.4 Å². The summed E-state index contributed by atoms with van der Waals surface area (Å²) in [6.07, 6.45) is 0. The van der Waals surface area contributed by atoms with E-state index < -0.39 is 5.82 Å². The fourth-order valence-corrected chi connectivity index (χ4v) is 2.21. The topological polar surface area (TPSA) is 79.5 Å². The van der Waals surface area contributed by atoms with E-state index in [1.807, 2.05) is 0 Å². The lowest BCUT2D eigenvalue weighted by Crippen LogP contribution is -2.33. The Labute approximate surface area is 163 Å². The van der Waals surface area contributed by atoms with Crippen LogP contribution < -0.4 is 16.0 Å². The Morgan fingerprint density at radius 2 is 1.70 bits per heavy atom. The van der Waals surface area contributed by atoms with Crippen LogP contribution in [0.25, 0.3) is 0 Å². The summed E-state index contributed by atoms with van der Waals surface area (Å²) in [7, 11) is 1.63. The molecule has 6 nitrogen and oxygen atoms in total. The van der Waals surface area contributed by atoms with Gasteiger partial charge in [0.05, 0.1) is 6.61 Å². The van der Waals surface area contributed by atoms with Crippen molar-refractivity contribution in [3.05, 3.63) is 65.5 Å². The summed E-state index contributed by atoms with van der Waals surface area (Å²) in [4.78, 5) is 24.3. The molecular formula is C19H23ClFN3O3. The number of halogens is 2. The van der Waals surface area contributed by atoms with E-state index in [4.69, 9.17) is 4.74 Å². The highest BCUT2D eigenvalue weighted by Gasteiger charge is 2.09. The van der Waals surface area contributed by atoms with Gasteiger partial charge in [-0.3, -0.25) is 9.59 Å². The fourth-order valence-electron chi connectivity index (χ4n) is 2.21. The number of benzene rings is 2. The van der Waals surface area contributed by atoms with Crippen molar-refractivity contribution in [3.63, 3.8) is 0 Å². The van der Waals surface area contributed by atoms with Crippen LogP contribution in [0.4, 0.5) is 10.1 Å². The number of hydrogen-bond acceptors (Lipinski definition) is 4. The number of nitrogens with one attached hydrogen (secondary N) is 3. The first-order chi connectivity index (χ1) is 12.6. The van der Waals surface area contributed by atoms with Gasteiger partial charge in [0, 0.05) is 43.6 Å². The summed E-state index contributed by atoms with van der Waals surface area (Å²) in [5.41, 5.74) is 1.27. The standard InChI is InChI=1S/C19H22FN3O3.ClH/c1-26-12-11-21-9-10-22-18(24)15-3-2-4-17(13-15)23-19(25)14-5-7-16(20)8-6-14;/h2-8,13,21H,9-12H2,1H3,(H,22,24)(H,23,25);1H. The van der Waals surface area contributed by atoms with Crippen molar-refractivity contribution < 1.29 is 18.7 Å². The van der Waals surface area contributed by atoms with Gasteiger partial charge in [0.25, 0.3) is 11.8 Å². The SMILES string of the molecule is COCCNCCNC(=O)c1cccc(NC(=O)c2ccc(F)cc2)c1.Cl. The van der Waals surface area contributed by atoms with Gasteiger partial charge in [-0.15, -0.1) is 12.4 Å². The van der Waals surface area contributed by atoms with Crippen LogP contribution in [0.2, 0.25) is 0 Å². The van der Waals surface area contributed by atoms with Gasteiger partial charge in [-0.05, 0) is 42.5 Å². The number of ether oxygens (including phenoxy) is 1. The van der Waals surface area contributed by atoms with Crippen LogP contribution in [-0.2, 0) is 4.74 Å². The maximum absolute atomic E-state index is 12.9. The Hall–Kier alpha value is -2.48. The summed E-state index contributed by atoms with van der Waals surface area (Å²) < 4.78 is 17.8. The van der Waals surface area contributed by atoms with E-state index >= 15 is 0 Å². The third-order valence-electron chi connectivity index (χ3n) is 3.56. The lowest BCUT2D eigenvalue weighted by atomic mass is 10.1. The molecule has 0 heterocycles. The molecule has 0 spiro atoms. The molecule has 0 aliphatic heterocycles. The molecule has 0 fully saturated rings. The molecule has 3 N–H and O–H groups in total. The van der Waals surface area contributed by atoms with Crippen molar-refractivity contribution >= 4 is 29.9 Å². The second kappa shape index (κ2) is 12.0. The zero-order chi connectivity index (χ0) is 18.8. The monoisotopic (exact) mass is 395 g/mol. The van der Waals surface area contributed by atoms with E-state index in [0.29, 0.717) is 36.5 Å². The van der Waals surface area contributed by atoms with Crippen LogP contribution in [0, 0.1) is 5.82 Å². The quantitative estimate of drug-likeness (QED) is 0.570. The van der Waals surface area contributed by atoms with E-state index in [1.54, 1.807) is 31.4 Å². The molecule has 0 aliphatic carbocycles. The molecule has 27 heavy (non-hydrogen) atoms. The number of carbonyl (C=O) groups excluding carboxylic acids is 2. The Balaban J connectivity index is 0.00000364. The second-order valence-electron chi connectivity index (χ2n) is 5.54. The lowest BCUT2D eigenvalue weighted by molar-refractivity contribution is 0.0952. The summed E-state index contributed by atoms with van der Waals surface area (Å²) in [6, 6.07) is 11.9. The van der Waals surface area contributed by atoms with Crippen molar-refractivity contribution in [2.24, 2.45) is 0 Å². The van der Waals surface area contributed by atoms with Crippen LogP contribution in [0.5, 0.6) is 0 Å². The van der Waals surface area contributed by atoms with Gasteiger partial charge in [0.1, 0.15) is 5.82 Å². The van der Waals surface area contributed by atoms with Crippen LogP contribution in [-0.4, -0.2) is 45.2 Å². The van der Waals surface area contributed by atoms with E-state index in [9.17, 15) is 14.0 Å². The Bertz CT molecular complexity index is 741. The Morgan fingerprint density at radius 3 is 2.41 bits per heavy atom. The molecule has 0 aromatic heterocycles. The normalized spacial score (nSPS) is 10.0. The van der Waals surface area contributed by atoms with Crippen molar-refractivity contribution in [1.29, 1.82) is 0 Å². The molecule has 0 aliphatic rings. The zero-order valence-electron chi connectivity index (χ0n) is 15.0. The minimum Gasteiger partial charge on any atom is -0.383 e. The second-order valence-corrected chi connectivity index (χ2v) is 5.54. The first-order valence-electron chi connectivity index (χ1n) is 8.25. The number of amides is 2. The lowest BCUT2D eigenvalue weighted by Gasteiger charge is -2.09. The Kier molecular flexibility index (Phi) is 10.0. The van der Waals surface area contributed by atoms with Crippen LogP contribution in [0.15, 0.2) is 48.5 Å². The number of rotatable bonds is 9. The highest BCUT2D eigenvalue weighted by Crippen LogP contribution is 2.13. The van der Waals surface area contributed by atoms with Crippen LogP contribution in [0.1, 0.15) is 20.7 Å². The van der Waals surface area contributed by atoms with Gasteiger partial charge in [-0.2, -0.15) is 0 Å². The molecule has 8 heteroatoms. The highest BCUT2D eigenvalue weighted by molar-refractivity contribution is 6.05. The van der Waals surface area contributed by atoms with Crippen molar-refractivity contribution in [2.75, 3.05) is 38.7 Å². The molecular weight excluding hydrogens is 373 g/mol. The predicted molar refractivity (Wildman–Crippen MR) is 105 cm³/mol. The minimum absolute atomic E-state index is 0. The minimum atomic E-state index is -0.406. The summed E-state index contributed by atoms with van der Waals surface area (Å²) >= 11 is 0. The van der Waals surface area contributed by atoms with Gasteiger partial charge in [-0.1, -0.05) is 6.07 Å². The number of carbonyl (C=O) groups is 2. The number of methoxy groups -OCH3 is 1. The molecule has 0 unspecified atom stereocenters. The molecule has 0 saturated heterocycles. The molecule has 146 valence electrons. The predicted octanol–water partition coefficient (Wildman–Crippen LogP) is 2.47. The summed E-state index contributed by atoms with van der Waals surface area (Å²) in [5, 5.41) is 8.62. The maximum Gasteiger partial charge on any atom is 0.255 e. The molecule has 2 aromatic rings. The largest absolute Gasteiger partial charge is 0.383 e. The zero-order valence-corrected chi connectivity index (χ0v) is 15.8. The molecule has 2 aromatic carbocycles. The Morgan fingerprint density at radius 1 is 0.963 bits per heavy atom. The van der Waals surface area contributed by atoms with Gasteiger partial charge < -0.3 is 20.7 Å². The highest BCUT2D eigenvalue weighted by atomic mass is 35.5. The molecule has 0 bridgehead atoms. The third kappa shape index (κ3) is 7.74.